The first-order valence-corrected chi connectivity index (χ1v) is 15.3. The Morgan fingerprint density at radius 3 is 1.53 bits per heavy atom. The summed E-state index contributed by atoms with van der Waals surface area (Å²) in [6.45, 7) is 0. The highest BCUT2D eigenvalue weighted by atomic mass is 16.1. The average molecular weight is 574 g/mol. The summed E-state index contributed by atoms with van der Waals surface area (Å²) in [7, 11) is 0. The monoisotopic (exact) mass is 573 g/mol. The van der Waals surface area contributed by atoms with E-state index in [4.69, 9.17) is 0 Å². The summed E-state index contributed by atoms with van der Waals surface area (Å²) >= 11 is 0. The second-order valence-electron chi connectivity index (χ2n) is 11.7. The van der Waals surface area contributed by atoms with Gasteiger partial charge in [0.15, 0.2) is 0 Å². The smallest absolute Gasteiger partial charge is 0.264 e. The Morgan fingerprint density at radius 2 is 0.867 bits per heavy atom. The van der Waals surface area contributed by atoms with Gasteiger partial charge in [-0.2, -0.15) is 0 Å². The zero-order valence-corrected chi connectivity index (χ0v) is 24.4. The molecule has 2 heteroatoms. The summed E-state index contributed by atoms with van der Waals surface area (Å²) in [6, 6.07) is 57.1. The van der Waals surface area contributed by atoms with Crippen molar-refractivity contribution in [3.63, 3.8) is 0 Å². The van der Waals surface area contributed by atoms with E-state index in [2.05, 4.69) is 103 Å². The lowest BCUT2D eigenvalue weighted by molar-refractivity contribution is 1.06. The van der Waals surface area contributed by atoms with Gasteiger partial charge < -0.3 is 0 Å². The molecule has 0 amide bonds. The van der Waals surface area contributed by atoms with E-state index in [9.17, 15) is 4.79 Å². The third-order valence-electron chi connectivity index (χ3n) is 9.17. The molecule has 45 heavy (non-hydrogen) atoms. The van der Waals surface area contributed by atoms with Gasteiger partial charge in [0.25, 0.3) is 5.56 Å². The number of aromatic nitrogens is 1. The highest BCUT2D eigenvalue weighted by molar-refractivity contribution is 6.26. The lowest BCUT2D eigenvalue weighted by Crippen LogP contribution is -2.20. The van der Waals surface area contributed by atoms with Crippen molar-refractivity contribution in [3.05, 3.63) is 174 Å². The first kappa shape index (κ1) is 25.5. The van der Waals surface area contributed by atoms with Crippen molar-refractivity contribution in [1.82, 2.24) is 4.57 Å². The number of para-hydroxylation sites is 2. The fraction of sp³-hybridized carbons (Fsp3) is 0. The predicted molar refractivity (Wildman–Crippen MR) is 190 cm³/mol. The minimum Gasteiger partial charge on any atom is -0.276 e. The zero-order chi connectivity index (χ0) is 29.9. The molecule has 0 aliphatic rings. The van der Waals surface area contributed by atoms with Crippen molar-refractivity contribution in [2.45, 2.75) is 0 Å². The first-order valence-electron chi connectivity index (χ1n) is 15.3. The quantitative estimate of drug-likeness (QED) is 0.193. The molecule has 0 N–H and O–H groups in total. The van der Waals surface area contributed by atoms with Crippen LogP contribution in [0.3, 0.4) is 0 Å². The van der Waals surface area contributed by atoms with E-state index in [1.807, 2.05) is 65.2 Å². The van der Waals surface area contributed by atoms with Crippen LogP contribution in [0.4, 0.5) is 0 Å². The van der Waals surface area contributed by atoms with E-state index in [0.29, 0.717) is 0 Å². The van der Waals surface area contributed by atoms with E-state index in [0.717, 1.165) is 49.6 Å². The Labute approximate surface area is 260 Å². The maximum absolute atomic E-state index is 14.6. The first-order chi connectivity index (χ1) is 22.3. The van der Waals surface area contributed by atoms with E-state index in [1.165, 1.54) is 32.3 Å². The molecule has 0 saturated carbocycles. The fourth-order valence-corrected chi connectivity index (χ4v) is 7.14. The zero-order valence-electron chi connectivity index (χ0n) is 24.4. The maximum atomic E-state index is 14.6. The van der Waals surface area contributed by atoms with Crippen LogP contribution < -0.4 is 5.56 Å². The van der Waals surface area contributed by atoms with Gasteiger partial charge in [0, 0.05) is 11.1 Å². The summed E-state index contributed by atoms with van der Waals surface area (Å²) < 4.78 is 1.86. The molecule has 0 fully saturated rings. The third-order valence-corrected chi connectivity index (χ3v) is 9.17. The Morgan fingerprint density at radius 1 is 0.356 bits per heavy atom. The maximum Gasteiger partial charge on any atom is 0.264 e. The van der Waals surface area contributed by atoms with Crippen molar-refractivity contribution in [3.8, 4) is 27.9 Å². The molecule has 8 aromatic carbocycles. The van der Waals surface area contributed by atoms with Crippen molar-refractivity contribution in [2.24, 2.45) is 0 Å². The molecule has 0 saturated heterocycles. The average Bonchev–Trinajstić information content (AvgIpc) is 3.12. The molecule has 1 aromatic heterocycles. The van der Waals surface area contributed by atoms with Crippen molar-refractivity contribution >= 4 is 54.0 Å². The summed E-state index contributed by atoms with van der Waals surface area (Å²) in [4.78, 5) is 14.6. The fourth-order valence-electron chi connectivity index (χ4n) is 7.14. The van der Waals surface area contributed by atoms with Crippen molar-refractivity contribution in [1.29, 1.82) is 0 Å². The van der Waals surface area contributed by atoms with Gasteiger partial charge in [-0.25, -0.2) is 0 Å². The third kappa shape index (κ3) is 3.93. The molecule has 0 bridgehead atoms. The second-order valence-corrected chi connectivity index (χ2v) is 11.7. The molecule has 210 valence electrons. The van der Waals surface area contributed by atoms with Crippen LogP contribution >= 0.6 is 0 Å². The molecule has 0 unspecified atom stereocenters. The molecule has 0 aliphatic carbocycles. The van der Waals surface area contributed by atoms with Gasteiger partial charge in [-0.15, -0.1) is 0 Å². The lowest BCUT2D eigenvalue weighted by atomic mass is 9.89. The van der Waals surface area contributed by atoms with Gasteiger partial charge in [-0.05, 0) is 96.4 Å². The Balaban J connectivity index is 1.41. The number of hydrogen-bond donors (Lipinski definition) is 0. The number of rotatable bonds is 3. The topological polar surface area (TPSA) is 22.0 Å². The summed E-state index contributed by atoms with van der Waals surface area (Å²) in [5.41, 5.74) is 5.91. The van der Waals surface area contributed by atoms with Gasteiger partial charge in [0.1, 0.15) is 0 Å². The molecule has 9 aromatic rings. The number of fused-ring (bicyclic) bond motifs is 9. The van der Waals surface area contributed by atoms with Crippen LogP contribution in [0, 0.1) is 0 Å². The molecular formula is C43H27NO. The van der Waals surface area contributed by atoms with Gasteiger partial charge >= 0.3 is 0 Å². The number of benzene rings is 8. The molecule has 1 heterocycles. The summed E-state index contributed by atoms with van der Waals surface area (Å²) in [5.74, 6) is 0. The van der Waals surface area contributed by atoms with Gasteiger partial charge in [-0.1, -0.05) is 127 Å². The molecule has 0 aliphatic heterocycles. The SMILES string of the molecule is O=c1c2c(-c3ccccc3)cc(-c3ccc4c5ccccc5c5ccccc5c4c3)cc2c2ccccc2n1-c1ccccc1. The standard InChI is InChI=1S/C43H27NO/c45-43-42-38(28-13-3-1-4-14-28)26-30(27-40(42)37-21-11-12-22-41(37)44(43)31-15-5-2-6-16-31)29-23-24-36-34-19-8-7-17-32(34)33-18-9-10-20-35(33)39(36)25-29/h1-27H. The van der Waals surface area contributed by atoms with Gasteiger partial charge in [0.2, 0.25) is 0 Å². The van der Waals surface area contributed by atoms with Crippen LogP contribution in [0.25, 0.3) is 81.9 Å². The number of hydrogen-bond acceptors (Lipinski definition) is 1. The molecule has 0 spiro atoms. The van der Waals surface area contributed by atoms with Crippen LogP contribution in [-0.4, -0.2) is 4.57 Å². The Bertz CT molecular complexity index is 2620. The second kappa shape index (κ2) is 10.0. The molecule has 9 rings (SSSR count). The van der Waals surface area contributed by atoms with E-state index in [-0.39, 0.29) is 5.56 Å². The van der Waals surface area contributed by atoms with Gasteiger partial charge in [0.05, 0.1) is 10.9 Å². The van der Waals surface area contributed by atoms with Crippen LogP contribution in [0.15, 0.2) is 169 Å². The summed E-state index contributed by atoms with van der Waals surface area (Å²) in [6.07, 6.45) is 0. The Kier molecular flexibility index (Phi) is 5.69. The molecular weight excluding hydrogens is 546 g/mol. The largest absolute Gasteiger partial charge is 0.276 e. The summed E-state index contributed by atoms with van der Waals surface area (Å²) in [5, 5.41) is 10.2. The highest BCUT2D eigenvalue weighted by Gasteiger charge is 2.18. The molecule has 2 nitrogen and oxygen atoms in total. The molecule has 0 atom stereocenters. The van der Waals surface area contributed by atoms with Crippen molar-refractivity contribution in [2.75, 3.05) is 0 Å². The highest BCUT2D eigenvalue weighted by Crippen LogP contribution is 2.40. The van der Waals surface area contributed by atoms with Gasteiger partial charge in [-0.3, -0.25) is 9.36 Å². The van der Waals surface area contributed by atoms with Crippen LogP contribution in [0.5, 0.6) is 0 Å². The van der Waals surface area contributed by atoms with E-state index < -0.39 is 0 Å². The predicted octanol–water partition coefficient (Wildman–Crippen LogP) is 10.9. The number of pyridine rings is 1. The van der Waals surface area contributed by atoms with Crippen molar-refractivity contribution < 1.29 is 0 Å². The van der Waals surface area contributed by atoms with Crippen LogP contribution in [-0.2, 0) is 0 Å². The minimum absolute atomic E-state index is 0.0173. The van der Waals surface area contributed by atoms with E-state index >= 15 is 0 Å². The number of nitrogens with zero attached hydrogens (tertiary/aromatic N) is 1. The Hall–Kier alpha value is -5.99. The lowest BCUT2D eigenvalue weighted by Gasteiger charge is -2.18. The van der Waals surface area contributed by atoms with Crippen LogP contribution in [0.2, 0.25) is 0 Å². The van der Waals surface area contributed by atoms with Crippen LogP contribution in [0.1, 0.15) is 0 Å². The minimum atomic E-state index is -0.0173. The van der Waals surface area contributed by atoms with E-state index in [1.54, 1.807) is 0 Å². The molecule has 0 radical (unpaired) electrons. The normalized spacial score (nSPS) is 11.6.